The Labute approximate surface area is 214 Å². The van der Waals surface area contributed by atoms with Crippen molar-refractivity contribution in [3.05, 3.63) is 80.8 Å². The lowest BCUT2D eigenvalue weighted by atomic mass is 9.99. The van der Waals surface area contributed by atoms with Crippen molar-refractivity contribution < 1.29 is 9.59 Å². The van der Waals surface area contributed by atoms with Gasteiger partial charge < -0.3 is 15.1 Å². The Morgan fingerprint density at radius 1 is 1.14 bits per heavy atom. The monoisotopic (exact) mass is 508 g/mol. The van der Waals surface area contributed by atoms with Crippen LogP contribution in [0.15, 0.2) is 54.2 Å². The predicted molar refractivity (Wildman–Crippen MR) is 140 cm³/mol. The van der Waals surface area contributed by atoms with E-state index in [0.29, 0.717) is 22.0 Å². The van der Waals surface area contributed by atoms with Crippen molar-refractivity contribution in [2.45, 2.75) is 44.7 Å². The maximum atomic E-state index is 13.6. The van der Waals surface area contributed by atoms with Crippen molar-refractivity contribution in [1.82, 2.24) is 15.2 Å². The van der Waals surface area contributed by atoms with Crippen LogP contribution in [0.2, 0.25) is 5.02 Å². The highest BCUT2D eigenvalue weighted by Crippen LogP contribution is 2.34. The van der Waals surface area contributed by atoms with E-state index in [1.807, 2.05) is 59.9 Å². The van der Waals surface area contributed by atoms with Crippen molar-refractivity contribution >= 4 is 40.4 Å². The maximum Gasteiger partial charge on any atom is 0.263 e. The largest absolute Gasteiger partial charge is 0.371 e. The van der Waals surface area contributed by atoms with E-state index in [-0.39, 0.29) is 23.9 Å². The lowest BCUT2D eigenvalue weighted by molar-refractivity contribution is 0.0663. The normalized spacial score (nSPS) is 17.8. The summed E-state index contributed by atoms with van der Waals surface area (Å²) in [5.74, 6) is -0.0911. The van der Waals surface area contributed by atoms with Crippen molar-refractivity contribution in [3.63, 3.8) is 0 Å². The highest BCUT2D eigenvalue weighted by molar-refractivity contribution is 7.12. The van der Waals surface area contributed by atoms with Gasteiger partial charge in [-0.05, 0) is 79.4 Å². The molecule has 0 spiro atoms. The molecule has 35 heavy (non-hydrogen) atoms. The molecule has 3 heterocycles. The zero-order valence-electron chi connectivity index (χ0n) is 19.7. The van der Waals surface area contributed by atoms with Crippen LogP contribution in [0.5, 0.6) is 0 Å². The van der Waals surface area contributed by atoms with Crippen LogP contribution in [0.3, 0.4) is 0 Å². The number of hydrogen-bond acceptors (Lipinski definition) is 5. The van der Waals surface area contributed by atoms with Gasteiger partial charge in [0.25, 0.3) is 11.8 Å². The number of pyridine rings is 1. The van der Waals surface area contributed by atoms with Crippen LogP contribution in [0, 0.1) is 0 Å². The van der Waals surface area contributed by atoms with Crippen LogP contribution in [0.4, 0.5) is 5.69 Å². The van der Waals surface area contributed by atoms with Crippen LogP contribution >= 0.6 is 22.9 Å². The Kier molecular flexibility index (Phi) is 7.07. The Balaban J connectivity index is 1.27. The summed E-state index contributed by atoms with van der Waals surface area (Å²) >= 11 is 7.49. The summed E-state index contributed by atoms with van der Waals surface area (Å²) in [4.78, 5) is 35.3. The average Bonchev–Trinajstić information content (AvgIpc) is 3.51. The van der Waals surface area contributed by atoms with E-state index in [0.717, 1.165) is 44.3 Å². The zero-order chi connectivity index (χ0) is 24.4. The van der Waals surface area contributed by atoms with Gasteiger partial charge in [0.1, 0.15) is 4.88 Å². The minimum atomic E-state index is -0.157. The highest BCUT2D eigenvalue weighted by atomic mass is 35.5. The first-order valence-electron chi connectivity index (χ1n) is 12.2. The van der Waals surface area contributed by atoms with Gasteiger partial charge in [-0.3, -0.25) is 14.6 Å². The van der Waals surface area contributed by atoms with Crippen molar-refractivity contribution in [1.29, 1.82) is 0 Å². The fraction of sp³-hybridized carbons (Fsp3) is 0.370. The Bertz CT molecular complexity index is 1210. The van der Waals surface area contributed by atoms with E-state index >= 15 is 0 Å². The number of aryl methyl sites for hydroxylation is 1. The summed E-state index contributed by atoms with van der Waals surface area (Å²) in [6, 6.07) is 11.9. The first kappa shape index (κ1) is 23.8. The first-order chi connectivity index (χ1) is 17.0. The predicted octanol–water partition coefficient (Wildman–Crippen LogP) is 5.34. The number of amides is 2. The molecule has 3 aromatic rings. The van der Waals surface area contributed by atoms with Gasteiger partial charge in [0.2, 0.25) is 0 Å². The van der Waals surface area contributed by atoms with Crippen molar-refractivity contribution in [2.75, 3.05) is 24.5 Å². The summed E-state index contributed by atoms with van der Waals surface area (Å²) in [6.07, 6.45) is 7.23. The van der Waals surface area contributed by atoms with Gasteiger partial charge in [0.05, 0.1) is 11.1 Å². The smallest absolute Gasteiger partial charge is 0.263 e. The highest BCUT2D eigenvalue weighted by Gasteiger charge is 2.30. The number of thiophene rings is 1. The van der Waals surface area contributed by atoms with Crippen LogP contribution in [-0.2, 0) is 6.42 Å². The van der Waals surface area contributed by atoms with Gasteiger partial charge in [-0.25, -0.2) is 0 Å². The minimum absolute atomic E-state index is 0.0657. The van der Waals surface area contributed by atoms with Crippen LogP contribution in [0.1, 0.15) is 63.4 Å². The number of halogens is 1. The van der Waals surface area contributed by atoms with Crippen LogP contribution in [-0.4, -0.2) is 47.4 Å². The van der Waals surface area contributed by atoms with E-state index in [9.17, 15) is 9.59 Å². The molecule has 0 bridgehead atoms. The topological polar surface area (TPSA) is 65.5 Å². The molecule has 8 heteroatoms. The molecule has 1 saturated heterocycles. The van der Waals surface area contributed by atoms with E-state index in [4.69, 9.17) is 11.6 Å². The lowest BCUT2D eigenvalue weighted by Crippen LogP contribution is -2.47. The average molecular weight is 509 g/mol. The molecule has 1 unspecified atom stereocenters. The number of nitrogens with zero attached hydrogens (tertiary/aromatic N) is 3. The summed E-state index contributed by atoms with van der Waals surface area (Å²) in [5, 5.41) is 5.42. The molecule has 1 aliphatic heterocycles. The molecule has 0 radical (unpaired) electrons. The molecule has 2 aromatic heterocycles. The quantitative estimate of drug-likeness (QED) is 0.487. The van der Waals surface area contributed by atoms with E-state index < -0.39 is 0 Å². The number of aromatic nitrogens is 1. The van der Waals surface area contributed by atoms with Gasteiger partial charge in [-0.15, -0.1) is 11.3 Å². The number of nitrogens with one attached hydrogen (secondary N) is 1. The lowest BCUT2D eigenvalue weighted by Gasteiger charge is -2.39. The standard InChI is InChI=1S/C27H29ClN4O2S/c1-2-32(21-9-14-31(15-10-21)20-7-12-29-13-8-20)27(34)19-4-3-18-5-6-24(22(18)17-19)30-26(33)25-23(28)11-16-35-25/h3-4,7-8,11-13,16-17,21,24H,2,5-6,9-10,14-15H2,1H3,(H,30,33). The molecule has 6 nitrogen and oxygen atoms in total. The number of carbonyl (C=O) groups is 2. The van der Waals surface area contributed by atoms with Gasteiger partial charge in [-0.2, -0.15) is 0 Å². The van der Waals surface area contributed by atoms with Crippen molar-refractivity contribution in [2.24, 2.45) is 0 Å². The molecule has 2 aliphatic rings. The molecular formula is C27H29ClN4O2S. The van der Waals surface area contributed by atoms with Gasteiger partial charge >= 0.3 is 0 Å². The number of rotatable bonds is 6. The number of fused-ring (bicyclic) bond motifs is 1. The molecule has 1 aromatic carbocycles. The number of hydrogen-bond donors (Lipinski definition) is 1. The van der Waals surface area contributed by atoms with Gasteiger partial charge in [0.15, 0.2) is 0 Å². The number of carbonyl (C=O) groups excluding carboxylic acids is 2. The van der Waals surface area contributed by atoms with Gasteiger partial charge in [0, 0.05) is 49.3 Å². The Morgan fingerprint density at radius 3 is 2.60 bits per heavy atom. The van der Waals surface area contributed by atoms with E-state index in [1.165, 1.54) is 22.6 Å². The number of piperidine rings is 1. The number of benzene rings is 1. The van der Waals surface area contributed by atoms with Crippen molar-refractivity contribution in [3.8, 4) is 0 Å². The van der Waals surface area contributed by atoms with E-state index in [1.54, 1.807) is 6.07 Å². The SMILES string of the molecule is CCN(C(=O)c1ccc2c(c1)C(NC(=O)c1sccc1Cl)CC2)C1CCN(c2ccncc2)CC1. The molecule has 0 saturated carbocycles. The Morgan fingerprint density at radius 2 is 1.91 bits per heavy atom. The third-order valence-electron chi connectivity index (χ3n) is 7.13. The van der Waals surface area contributed by atoms with Crippen LogP contribution in [0.25, 0.3) is 0 Å². The fourth-order valence-corrected chi connectivity index (χ4v) is 6.33. The molecule has 1 fully saturated rings. The second kappa shape index (κ2) is 10.4. The summed E-state index contributed by atoms with van der Waals surface area (Å²) in [7, 11) is 0. The van der Waals surface area contributed by atoms with Gasteiger partial charge in [-0.1, -0.05) is 17.7 Å². The summed E-state index contributed by atoms with van der Waals surface area (Å²) < 4.78 is 0. The molecular weight excluding hydrogens is 480 g/mol. The first-order valence-corrected chi connectivity index (χ1v) is 13.4. The summed E-state index contributed by atoms with van der Waals surface area (Å²) in [5.41, 5.74) is 4.11. The second-order valence-corrected chi connectivity index (χ2v) is 10.4. The van der Waals surface area contributed by atoms with E-state index in [2.05, 4.69) is 15.2 Å². The zero-order valence-corrected chi connectivity index (χ0v) is 21.3. The molecule has 5 rings (SSSR count). The maximum absolute atomic E-state index is 13.6. The second-order valence-electron chi connectivity index (χ2n) is 9.09. The molecule has 1 N–H and O–H groups in total. The third kappa shape index (κ3) is 4.93. The van der Waals surface area contributed by atoms with Crippen LogP contribution < -0.4 is 10.2 Å². The third-order valence-corrected chi connectivity index (χ3v) is 8.47. The minimum Gasteiger partial charge on any atom is -0.371 e. The Hall–Kier alpha value is -2.90. The fourth-order valence-electron chi connectivity index (χ4n) is 5.29. The summed E-state index contributed by atoms with van der Waals surface area (Å²) in [6.45, 7) is 4.56. The number of anilines is 1. The molecule has 2 amide bonds. The molecule has 1 aliphatic carbocycles. The molecule has 182 valence electrons. The molecule has 1 atom stereocenters.